The van der Waals surface area contributed by atoms with Crippen LogP contribution in [-0.2, 0) is 16.0 Å². The van der Waals surface area contributed by atoms with E-state index in [1.54, 1.807) is 0 Å². The zero-order chi connectivity index (χ0) is 19.8. The highest BCUT2D eigenvalue weighted by atomic mass is 19.1. The first-order valence-electron chi connectivity index (χ1n) is 8.77. The van der Waals surface area contributed by atoms with Crippen molar-refractivity contribution in [3.8, 4) is 5.75 Å². The molecule has 6 heteroatoms. The Morgan fingerprint density at radius 3 is 2.41 bits per heavy atom. The fourth-order valence-corrected chi connectivity index (χ4v) is 2.47. The highest BCUT2D eigenvalue weighted by Crippen LogP contribution is 2.18. The van der Waals surface area contributed by atoms with Gasteiger partial charge in [-0.15, -0.1) is 0 Å². The van der Waals surface area contributed by atoms with Crippen LogP contribution in [0.5, 0.6) is 5.75 Å². The third kappa shape index (κ3) is 6.09. The van der Waals surface area contributed by atoms with Crippen LogP contribution in [-0.4, -0.2) is 32.1 Å². The molecule has 0 radical (unpaired) electrons. The number of esters is 1. The lowest BCUT2D eigenvalue weighted by atomic mass is 10.0. The predicted octanol–water partition coefficient (Wildman–Crippen LogP) is 3.47. The van der Waals surface area contributed by atoms with Crippen molar-refractivity contribution >= 4 is 11.9 Å². The number of amides is 1. The summed E-state index contributed by atoms with van der Waals surface area (Å²) < 4.78 is 23.3. The third-order valence-electron chi connectivity index (χ3n) is 4.10. The summed E-state index contributed by atoms with van der Waals surface area (Å²) in [6, 6.07) is 12.0. The Morgan fingerprint density at radius 1 is 1.11 bits per heavy atom. The fourth-order valence-electron chi connectivity index (χ4n) is 2.47. The molecule has 2 aromatic rings. The second kappa shape index (κ2) is 9.71. The average Bonchev–Trinajstić information content (AvgIpc) is 2.66. The molecule has 0 saturated heterocycles. The monoisotopic (exact) mass is 373 g/mol. The van der Waals surface area contributed by atoms with Gasteiger partial charge >= 0.3 is 5.97 Å². The summed E-state index contributed by atoms with van der Waals surface area (Å²) in [7, 11) is 1.33. The molecule has 144 valence electrons. The number of benzene rings is 2. The Balaban J connectivity index is 1.74. The van der Waals surface area contributed by atoms with E-state index in [0.717, 1.165) is 11.6 Å². The number of ether oxygens (including phenoxy) is 2. The van der Waals surface area contributed by atoms with E-state index in [0.29, 0.717) is 18.9 Å². The first kappa shape index (κ1) is 20.4. The van der Waals surface area contributed by atoms with Crippen molar-refractivity contribution in [1.29, 1.82) is 0 Å². The minimum Gasteiger partial charge on any atom is -0.494 e. The predicted molar refractivity (Wildman–Crippen MR) is 100 cm³/mol. The van der Waals surface area contributed by atoms with E-state index < -0.39 is 24.3 Å². The number of hydrogen-bond acceptors (Lipinski definition) is 4. The topological polar surface area (TPSA) is 64.6 Å². The summed E-state index contributed by atoms with van der Waals surface area (Å²) in [5, 5.41) is 2.69. The Kier molecular flexibility index (Phi) is 7.34. The average molecular weight is 373 g/mol. The van der Waals surface area contributed by atoms with Crippen LogP contribution in [0.25, 0.3) is 0 Å². The molecule has 0 fully saturated rings. The molecular formula is C21H24FNO4. The fraction of sp³-hybridized carbons (Fsp3) is 0.333. The standard InChI is InChI=1S/C21H24FNO4/c1-14(2)16-6-4-15(5-7-16)10-11-23-20(24)13-27-21(25)17-8-9-19(26-3)18(22)12-17/h4-9,12,14H,10-11,13H2,1-3H3,(H,23,24). The Labute approximate surface area is 158 Å². The van der Waals surface area contributed by atoms with Crippen LogP contribution in [0, 0.1) is 5.82 Å². The molecule has 0 bridgehead atoms. The van der Waals surface area contributed by atoms with E-state index in [4.69, 9.17) is 9.47 Å². The van der Waals surface area contributed by atoms with Crippen LogP contribution < -0.4 is 10.1 Å². The van der Waals surface area contributed by atoms with Gasteiger partial charge in [-0.25, -0.2) is 9.18 Å². The van der Waals surface area contributed by atoms with Crippen molar-refractivity contribution in [2.24, 2.45) is 0 Å². The number of rotatable bonds is 8. The Bertz CT molecular complexity index is 787. The molecule has 0 aliphatic rings. The van der Waals surface area contributed by atoms with Crippen LogP contribution >= 0.6 is 0 Å². The summed E-state index contributed by atoms with van der Waals surface area (Å²) in [6.45, 7) is 4.29. The molecule has 0 atom stereocenters. The van der Waals surface area contributed by atoms with Gasteiger partial charge in [-0.05, 0) is 41.7 Å². The van der Waals surface area contributed by atoms with Crippen molar-refractivity contribution in [3.63, 3.8) is 0 Å². The summed E-state index contributed by atoms with van der Waals surface area (Å²) in [6.07, 6.45) is 0.682. The molecule has 27 heavy (non-hydrogen) atoms. The van der Waals surface area contributed by atoms with E-state index in [1.165, 1.54) is 24.8 Å². The zero-order valence-corrected chi connectivity index (χ0v) is 15.8. The van der Waals surface area contributed by atoms with Gasteiger partial charge < -0.3 is 14.8 Å². The van der Waals surface area contributed by atoms with Gasteiger partial charge in [-0.2, -0.15) is 0 Å². The maximum absolute atomic E-state index is 13.6. The molecular weight excluding hydrogens is 349 g/mol. The van der Waals surface area contributed by atoms with Gasteiger partial charge in [-0.3, -0.25) is 4.79 Å². The molecule has 1 amide bonds. The number of hydrogen-bond donors (Lipinski definition) is 1. The molecule has 0 aliphatic carbocycles. The van der Waals surface area contributed by atoms with Crippen LogP contribution in [0.1, 0.15) is 41.3 Å². The number of nitrogens with one attached hydrogen (secondary N) is 1. The molecule has 0 unspecified atom stereocenters. The van der Waals surface area contributed by atoms with Gasteiger partial charge in [0.2, 0.25) is 0 Å². The second-order valence-corrected chi connectivity index (χ2v) is 6.42. The SMILES string of the molecule is COc1ccc(C(=O)OCC(=O)NCCc2ccc(C(C)C)cc2)cc1F. The molecule has 0 spiro atoms. The van der Waals surface area contributed by atoms with E-state index in [1.807, 2.05) is 12.1 Å². The summed E-state index contributed by atoms with van der Waals surface area (Å²) in [4.78, 5) is 23.7. The van der Waals surface area contributed by atoms with Crippen molar-refractivity contribution in [1.82, 2.24) is 5.32 Å². The lowest BCUT2D eigenvalue weighted by Crippen LogP contribution is -2.30. The van der Waals surface area contributed by atoms with E-state index in [9.17, 15) is 14.0 Å². The van der Waals surface area contributed by atoms with Crippen LogP contribution in [0.2, 0.25) is 0 Å². The molecule has 0 aliphatic heterocycles. The van der Waals surface area contributed by atoms with Crippen LogP contribution in [0.4, 0.5) is 4.39 Å². The van der Waals surface area contributed by atoms with Gasteiger partial charge in [0.05, 0.1) is 12.7 Å². The Hall–Kier alpha value is -2.89. The van der Waals surface area contributed by atoms with Gasteiger partial charge in [0.15, 0.2) is 18.2 Å². The number of carbonyl (C=O) groups is 2. The zero-order valence-electron chi connectivity index (χ0n) is 15.8. The van der Waals surface area contributed by atoms with E-state index >= 15 is 0 Å². The maximum Gasteiger partial charge on any atom is 0.338 e. The Morgan fingerprint density at radius 2 is 1.81 bits per heavy atom. The molecule has 0 heterocycles. The summed E-state index contributed by atoms with van der Waals surface area (Å²) in [5.74, 6) is -1.33. The van der Waals surface area contributed by atoms with Crippen molar-refractivity contribution in [3.05, 3.63) is 65.0 Å². The quantitative estimate of drug-likeness (QED) is 0.720. The second-order valence-electron chi connectivity index (χ2n) is 6.42. The molecule has 0 aromatic heterocycles. The lowest BCUT2D eigenvalue weighted by molar-refractivity contribution is -0.124. The smallest absolute Gasteiger partial charge is 0.338 e. The molecule has 2 rings (SSSR count). The molecule has 1 N–H and O–H groups in total. The highest BCUT2D eigenvalue weighted by Gasteiger charge is 2.13. The van der Waals surface area contributed by atoms with Gasteiger partial charge in [0.1, 0.15) is 0 Å². The molecule has 5 nitrogen and oxygen atoms in total. The van der Waals surface area contributed by atoms with E-state index in [2.05, 4.69) is 31.3 Å². The van der Waals surface area contributed by atoms with E-state index in [-0.39, 0.29) is 11.3 Å². The van der Waals surface area contributed by atoms with Gasteiger partial charge in [0, 0.05) is 6.54 Å². The molecule has 0 saturated carbocycles. The largest absolute Gasteiger partial charge is 0.494 e. The number of carbonyl (C=O) groups excluding carboxylic acids is 2. The van der Waals surface area contributed by atoms with Crippen molar-refractivity contribution in [2.45, 2.75) is 26.2 Å². The maximum atomic E-state index is 13.6. The minimum atomic E-state index is -0.768. The van der Waals surface area contributed by atoms with Crippen LogP contribution in [0.15, 0.2) is 42.5 Å². The minimum absolute atomic E-state index is 0.0198. The first-order valence-corrected chi connectivity index (χ1v) is 8.77. The number of halogens is 1. The summed E-state index contributed by atoms with van der Waals surface area (Å²) >= 11 is 0. The van der Waals surface area contributed by atoms with Crippen molar-refractivity contribution in [2.75, 3.05) is 20.3 Å². The van der Waals surface area contributed by atoms with Crippen LogP contribution in [0.3, 0.4) is 0 Å². The highest BCUT2D eigenvalue weighted by molar-refractivity contribution is 5.91. The molecule has 2 aromatic carbocycles. The first-order chi connectivity index (χ1) is 12.9. The van der Waals surface area contributed by atoms with Gasteiger partial charge in [-0.1, -0.05) is 38.1 Å². The summed E-state index contributed by atoms with van der Waals surface area (Å²) in [5.41, 5.74) is 2.40. The lowest BCUT2D eigenvalue weighted by Gasteiger charge is -2.09. The normalized spacial score (nSPS) is 10.6. The number of methoxy groups -OCH3 is 1. The van der Waals surface area contributed by atoms with Crippen molar-refractivity contribution < 1.29 is 23.5 Å². The van der Waals surface area contributed by atoms with Gasteiger partial charge in [0.25, 0.3) is 5.91 Å². The third-order valence-corrected chi connectivity index (χ3v) is 4.10.